The first-order valence-corrected chi connectivity index (χ1v) is 6.80. The molecule has 0 aliphatic carbocycles. The SMILES string of the molecule is CCNc1nc(NC(C)(C)CC)nc(-n2ccnc2)n1. The quantitative estimate of drug-likeness (QED) is 0.840. The largest absolute Gasteiger partial charge is 0.354 e. The molecule has 0 aliphatic heterocycles. The molecule has 0 fully saturated rings. The molecule has 108 valence electrons. The third-order valence-corrected chi connectivity index (χ3v) is 3.03. The van der Waals surface area contributed by atoms with E-state index in [9.17, 15) is 0 Å². The first-order valence-electron chi connectivity index (χ1n) is 6.80. The maximum absolute atomic E-state index is 4.44. The zero-order valence-electron chi connectivity index (χ0n) is 12.4. The number of hydrogen-bond acceptors (Lipinski definition) is 6. The summed E-state index contributed by atoms with van der Waals surface area (Å²) in [5, 5.41) is 6.45. The van der Waals surface area contributed by atoms with E-state index in [1.807, 2.05) is 6.92 Å². The van der Waals surface area contributed by atoms with Crippen molar-refractivity contribution >= 4 is 11.9 Å². The highest BCUT2D eigenvalue weighted by Crippen LogP contribution is 2.16. The van der Waals surface area contributed by atoms with Gasteiger partial charge in [-0.25, -0.2) is 4.98 Å². The van der Waals surface area contributed by atoms with Crippen molar-refractivity contribution in [2.75, 3.05) is 17.2 Å². The van der Waals surface area contributed by atoms with Crippen molar-refractivity contribution in [2.24, 2.45) is 0 Å². The highest BCUT2D eigenvalue weighted by Gasteiger charge is 2.17. The van der Waals surface area contributed by atoms with E-state index in [0.717, 1.165) is 13.0 Å². The van der Waals surface area contributed by atoms with Crippen LogP contribution in [0.3, 0.4) is 0 Å². The third-order valence-electron chi connectivity index (χ3n) is 3.03. The van der Waals surface area contributed by atoms with Crippen molar-refractivity contribution in [1.29, 1.82) is 0 Å². The summed E-state index contributed by atoms with van der Waals surface area (Å²) in [5.74, 6) is 1.66. The Morgan fingerprint density at radius 2 is 1.90 bits per heavy atom. The first-order chi connectivity index (χ1) is 9.54. The molecule has 2 N–H and O–H groups in total. The normalized spacial score (nSPS) is 11.4. The van der Waals surface area contributed by atoms with E-state index in [1.165, 1.54) is 0 Å². The molecule has 0 bridgehead atoms. The monoisotopic (exact) mass is 275 g/mol. The van der Waals surface area contributed by atoms with E-state index >= 15 is 0 Å². The van der Waals surface area contributed by atoms with Crippen LogP contribution in [0.4, 0.5) is 11.9 Å². The molecule has 0 radical (unpaired) electrons. The smallest absolute Gasteiger partial charge is 0.241 e. The Labute approximate surface area is 118 Å². The molecule has 0 unspecified atom stereocenters. The second-order valence-electron chi connectivity index (χ2n) is 5.15. The fraction of sp³-hybridized carbons (Fsp3) is 0.538. The Hall–Kier alpha value is -2.18. The molecule has 2 aromatic heterocycles. The van der Waals surface area contributed by atoms with Gasteiger partial charge in [-0.2, -0.15) is 15.0 Å². The van der Waals surface area contributed by atoms with Crippen LogP contribution in [0.5, 0.6) is 0 Å². The predicted octanol–water partition coefficient (Wildman–Crippen LogP) is 2.09. The fourth-order valence-electron chi connectivity index (χ4n) is 1.54. The molecule has 0 saturated heterocycles. The molecule has 0 amide bonds. The summed E-state index contributed by atoms with van der Waals surface area (Å²) in [5.41, 5.74) is -0.0724. The molecule has 0 aliphatic rings. The van der Waals surface area contributed by atoms with Gasteiger partial charge < -0.3 is 10.6 Å². The van der Waals surface area contributed by atoms with Crippen LogP contribution in [0.25, 0.3) is 5.95 Å². The first kappa shape index (κ1) is 14.2. The lowest BCUT2D eigenvalue weighted by Gasteiger charge is -2.24. The van der Waals surface area contributed by atoms with E-state index in [2.05, 4.69) is 51.3 Å². The summed E-state index contributed by atoms with van der Waals surface area (Å²) in [6, 6.07) is 0. The molecular formula is C13H21N7. The molecular weight excluding hydrogens is 254 g/mol. The zero-order chi connectivity index (χ0) is 14.6. The molecule has 2 aromatic rings. The van der Waals surface area contributed by atoms with E-state index < -0.39 is 0 Å². The van der Waals surface area contributed by atoms with Crippen LogP contribution < -0.4 is 10.6 Å². The Bertz CT molecular complexity index is 548. The standard InChI is InChI=1S/C13H21N7/c1-5-13(3,4)19-11-16-10(15-6-2)17-12(18-11)20-8-7-14-9-20/h7-9H,5-6H2,1-4H3,(H2,15,16,17,18,19). The van der Waals surface area contributed by atoms with Crippen LogP contribution in [0, 0.1) is 0 Å². The van der Waals surface area contributed by atoms with Gasteiger partial charge in [-0.1, -0.05) is 6.92 Å². The number of nitrogens with zero attached hydrogens (tertiary/aromatic N) is 5. The van der Waals surface area contributed by atoms with Crippen LogP contribution in [-0.4, -0.2) is 36.6 Å². The van der Waals surface area contributed by atoms with Gasteiger partial charge in [-0.3, -0.25) is 4.57 Å². The topological polar surface area (TPSA) is 80.5 Å². The average Bonchev–Trinajstić information content (AvgIpc) is 2.92. The summed E-state index contributed by atoms with van der Waals surface area (Å²) in [6.07, 6.45) is 6.13. The zero-order valence-corrected chi connectivity index (χ0v) is 12.4. The molecule has 20 heavy (non-hydrogen) atoms. The number of aromatic nitrogens is 5. The van der Waals surface area contributed by atoms with Crippen molar-refractivity contribution in [3.8, 4) is 5.95 Å². The lowest BCUT2D eigenvalue weighted by atomic mass is 10.0. The van der Waals surface area contributed by atoms with Crippen LogP contribution in [0.1, 0.15) is 34.1 Å². The number of hydrogen-bond donors (Lipinski definition) is 2. The third kappa shape index (κ3) is 3.43. The van der Waals surface area contributed by atoms with Crippen LogP contribution in [0.2, 0.25) is 0 Å². The van der Waals surface area contributed by atoms with Crippen LogP contribution in [-0.2, 0) is 0 Å². The minimum atomic E-state index is -0.0724. The summed E-state index contributed by atoms with van der Waals surface area (Å²) < 4.78 is 1.76. The highest BCUT2D eigenvalue weighted by molar-refractivity contribution is 5.39. The molecule has 7 nitrogen and oxygen atoms in total. The van der Waals surface area contributed by atoms with Gasteiger partial charge in [0.05, 0.1) is 0 Å². The summed E-state index contributed by atoms with van der Waals surface area (Å²) >= 11 is 0. The van der Waals surface area contributed by atoms with Crippen molar-refractivity contribution in [3.63, 3.8) is 0 Å². The fourth-order valence-corrected chi connectivity index (χ4v) is 1.54. The molecule has 0 atom stereocenters. The van der Waals surface area contributed by atoms with Gasteiger partial charge in [-0.05, 0) is 27.2 Å². The van der Waals surface area contributed by atoms with Crippen LogP contribution >= 0.6 is 0 Å². The Kier molecular flexibility index (Phi) is 4.16. The van der Waals surface area contributed by atoms with E-state index in [1.54, 1.807) is 23.3 Å². The predicted molar refractivity (Wildman–Crippen MR) is 79.1 cm³/mol. The van der Waals surface area contributed by atoms with Crippen molar-refractivity contribution < 1.29 is 0 Å². The molecule has 0 spiro atoms. The Balaban J connectivity index is 2.36. The van der Waals surface area contributed by atoms with E-state index in [0.29, 0.717) is 17.8 Å². The maximum atomic E-state index is 4.44. The van der Waals surface area contributed by atoms with Gasteiger partial charge in [0.1, 0.15) is 6.33 Å². The maximum Gasteiger partial charge on any atom is 0.241 e. The van der Waals surface area contributed by atoms with Gasteiger partial charge >= 0.3 is 0 Å². The van der Waals surface area contributed by atoms with Crippen LogP contribution in [0.15, 0.2) is 18.7 Å². The number of nitrogens with one attached hydrogen (secondary N) is 2. The summed E-state index contributed by atoms with van der Waals surface area (Å²) in [4.78, 5) is 17.2. The van der Waals surface area contributed by atoms with Crippen molar-refractivity contribution in [3.05, 3.63) is 18.7 Å². The highest BCUT2D eigenvalue weighted by atomic mass is 15.3. The molecule has 0 aromatic carbocycles. The van der Waals surface area contributed by atoms with E-state index in [-0.39, 0.29) is 5.54 Å². The lowest BCUT2D eigenvalue weighted by Crippen LogP contribution is -2.31. The van der Waals surface area contributed by atoms with Gasteiger partial charge in [-0.15, -0.1) is 0 Å². The van der Waals surface area contributed by atoms with Gasteiger partial charge in [0.2, 0.25) is 17.8 Å². The summed E-state index contributed by atoms with van der Waals surface area (Å²) in [7, 11) is 0. The second kappa shape index (κ2) is 5.85. The summed E-state index contributed by atoms with van der Waals surface area (Å²) in [6.45, 7) is 9.10. The molecule has 7 heteroatoms. The molecule has 2 rings (SSSR count). The lowest BCUT2D eigenvalue weighted by molar-refractivity contribution is 0.541. The Morgan fingerprint density at radius 3 is 2.50 bits per heavy atom. The van der Waals surface area contributed by atoms with Crippen molar-refractivity contribution in [2.45, 2.75) is 39.7 Å². The minimum Gasteiger partial charge on any atom is -0.354 e. The second-order valence-corrected chi connectivity index (χ2v) is 5.15. The van der Waals surface area contributed by atoms with E-state index in [4.69, 9.17) is 0 Å². The minimum absolute atomic E-state index is 0.0724. The average molecular weight is 275 g/mol. The van der Waals surface area contributed by atoms with Gasteiger partial charge in [0.25, 0.3) is 0 Å². The number of rotatable bonds is 6. The van der Waals surface area contributed by atoms with Crippen molar-refractivity contribution in [1.82, 2.24) is 24.5 Å². The van der Waals surface area contributed by atoms with Gasteiger partial charge in [0, 0.05) is 24.5 Å². The Morgan fingerprint density at radius 1 is 1.15 bits per heavy atom. The molecule has 2 heterocycles. The molecule has 0 saturated carbocycles. The number of anilines is 2. The van der Waals surface area contributed by atoms with Gasteiger partial charge in [0.15, 0.2) is 0 Å². The number of imidazole rings is 1.